The van der Waals surface area contributed by atoms with Crippen LogP contribution < -0.4 is 5.32 Å². The summed E-state index contributed by atoms with van der Waals surface area (Å²) in [7, 11) is 0. The molecule has 0 radical (unpaired) electrons. The van der Waals surface area contributed by atoms with E-state index in [1.54, 1.807) is 18.3 Å². The van der Waals surface area contributed by atoms with Crippen molar-refractivity contribution in [3.63, 3.8) is 0 Å². The van der Waals surface area contributed by atoms with Crippen molar-refractivity contribution in [2.24, 2.45) is 0 Å². The third-order valence-electron chi connectivity index (χ3n) is 3.87. The van der Waals surface area contributed by atoms with Crippen LogP contribution in [0, 0.1) is 5.82 Å². The Morgan fingerprint density at radius 2 is 2.15 bits per heavy atom. The molecule has 2 N–H and O–H groups in total. The van der Waals surface area contributed by atoms with Crippen molar-refractivity contribution >= 4 is 57.2 Å². The van der Waals surface area contributed by atoms with Gasteiger partial charge in [0.25, 0.3) is 5.91 Å². The normalized spacial score (nSPS) is 15.5. The molecule has 9 heteroatoms. The van der Waals surface area contributed by atoms with Crippen LogP contribution in [0.4, 0.5) is 4.39 Å². The highest BCUT2D eigenvalue weighted by Gasteiger charge is 2.23. The maximum Gasteiger partial charge on any atom is 0.338 e. The number of carboxylic acid groups (broad SMARTS) is 1. The molecule has 1 aromatic carbocycles. The quantitative estimate of drug-likeness (QED) is 0.510. The van der Waals surface area contributed by atoms with Gasteiger partial charge in [-0.15, -0.1) is 0 Å². The monoisotopic (exact) mass is 400 g/mol. The smallest absolute Gasteiger partial charge is 0.338 e. The lowest BCUT2D eigenvalue weighted by Crippen LogP contribution is -2.17. The van der Waals surface area contributed by atoms with Crippen molar-refractivity contribution in [3.8, 4) is 11.1 Å². The number of aromatic nitrogens is 1. The zero-order chi connectivity index (χ0) is 19.1. The van der Waals surface area contributed by atoms with Gasteiger partial charge in [0.2, 0.25) is 0 Å². The van der Waals surface area contributed by atoms with E-state index in [-0.39, 0.29) is 5.91 Å². The molecular weight excluding hydrogens is 391 g/mol. The van der Waals surface area contributed by atoms with E-state index >= 15 is 0 Å². The van der Waals surface area contributed by atoms with Crippen LogP contribution in [0.1, 0.15) is 16.1 Å². The molecule has 6 nitrogen and oxygen atoms in total. The van der Waals surface area contributed by atoms with Gasteiger partial charge in [0.1, 0.15) is 21.5 Å². The molecule has 1 aliphatic rings. The van der Waals surface area contributed by atoms with E-state index < -0.39 is 17.3 Å². The van der Waals surface area contributed by atoms with E-state index in [4.69, 9.17) is 21.7 Å². The molecule has 134 valence electrons. The third-order valence-corrected chi connectivity index (χ3v) is 5.03. The van der Waals surface area contributed by atoms with Crippen LogP contribution >= 0.6 is 24.0 Å². The van der Waals surface area contributed by atoms with Crippen LogP contribution in [0.3, 0.4) is 0 Å². The number of thioether (sulfide) groups is 1. The fraction of sp³-hybridized carbons (Fsp3) is 0. The number of furan rings is 1. The minimum absolute atomic E-state index is 0.296. The number of fused-ring (bicyclic) bond motifs is 1. The van der Waals surface area contributed by atoms with Crippen molar-refractivity contribution in [1.29, 1.82) is 0 Å². The van der Waals surface area contributed by atoms with E-state index in [1.165, 1.54) is 18.3 Å². The molecule has 1 fully saturated rings. The van der Waals surface area contributed by atoms with Crippen molar-refractivity contribution in [2.75, 3.05) is 0 Å². The maximum absolute atomic E-state index is 14.0. The van der Waals surface area contributed by atoms with Crippen LogP contribution in [-0.2, 0) is 4.79 Å². The van der Waals surface area contributed by atoms with E-state index in [2.05, 4.69) is 10.3 Å². The Bertz CT molecular complexity index is 1170. The molecule has 1 amide bonds. The van der Waals surface area contributed by atoms with Crippen molar-refractivity contribution in [2.45, 2.75) is 0 Å². The van der Waals surface area contributed by atoms with Crippen LogP contribution in [-0.4, -0.2) is 26.3 Å². The summed E-state index contributed by atoms with van der Waals surface area (Å²) in [5, 5.41) is 12.1. The van der Waals surface area contributed by atoms with Gasteiger partial charge in [0, 0.05) is 29.4 Å². The number of nitrogens with one attached hydrogen (secondary N) is 1. The predicted octanol–water partition coefficient (Wildman–Crippen LogP) is 3.82. The summed E-state index contributed by atoms with van der Waals surface area (Å²) in [6, 6.07) is 5.51. The van der Waals surface area contributed by atoms with Crippen LogP contribution in [0.5, 0.6) is 0 Å². The van der Waals surface area contributed by atoms with Gasteiger partial charge in [-0.1, -0.05) is 30.0 Å². The topological polar surface area (TPSA) is 92.4 Å². The molecule has 27 heavy (non-hydrogen) atoms. The van der Waals surface area contributed by atoms with Gasteiger partial charge in [-0.3, -0.25) is 9.78 Å². The third kappa shape index (κ3) is 3.22. The molecule has 3 aromatic rings. The lowest BCUT2D eigenvalue weighted by molar-refractivity contribution is -0.115. The van der Waals surface area contributed by atoms with Crippen molar-refractivity contribution < 1.29 is 23.5 Å². The SMILES string of the molecule is O=C1NC(=S)SC1=Cc1cc2cncc(-c3ccc(C(=O)O)c(F)c3)c2o1. The number of thiocarbonyl (C=S) groups is 1. The largest absolute Gasteiger partial charge is 0.478 e. The number of benzene rings is 1. The minimum atomic E-state index is -1.34. The number of carbonyl (C=O) groups is 2. The number of rotatable bonds is 3. The number of hydrogen-bond donors (Lipinski definition) is 2. The first-order valence-corrected chi connectivity index (χ1v) is 8.80. The van der Waals surface area contributed by atoms with Gasteiger partial charge in [-0.2, -0.15) is 0 Å². The first-order valence-electron chi connectivity index (χ1n) is 7.58. The average Bonchev–Trinajstić information content (AvgIpc) is 3.16. The molecule has 0 spiro atoms. The number of amides is 1. The number of pyridine rings is 1. The van der Waals surface area contributed by atoms with Gasteiger partial charge in [0.15, 0.2) is 0 Å². The molecule has 4 rings (SSSR count). The lowest BCUT2D eigenvalue weighted by atomic mass is 10.0. The Morgan fingerprint density at radius 3 is 2.81 bits per heavy atom. The number of halogens is 1. The summed E-state index contributed by atoms with van der Waals surface area (Å²) >= 11 is 6.09. The van der Waals surface area contributed by atoms with E-state index in [0.717, 1.165) is 17.8 Å². The van der Waals surface area contributed by atoms with Gasteiger partial charge in [-0.25, -0.2) is 9.18 Å². The highest BCUT2D eigenvalue weighted by molar-refractivity contribution is 8.26. The van der Waals surface area contributed by atoms with Crippen LogP contribution in [0.15, 0.2) is 46.0 Å². The van der Waals surface area contributed by atoms with E-state index in [0.29, 0.717) is 37.1 Å². The second-order valence-corrected chi connectivity index (χ2v) is 7.33. The Morgan fingerprint density at radius 1 is 1.33 bits per heavy atom. The molecule has 0 saturated carbocycles. The van der Waals surface area contributed by atoms with E-state index in [1.807, 2.05) is 0 Å². The number of hydrogen-bond acceptors (Lipinski definition) is 6. The summed E-state index contributed by atoms with van der Waals surface area (Å²) in [5.41, 5.74) is 0.972. The van der Waals surface area contributed by atoms with Crippen LogP contribution in [0.25, 0.3) is 28.2 Å². The van der Waals surface area contributed by atoms with Gasteiger partial charge in [-0.05, 0) is 23.8 Å². The van der Waals surface area contributed by atoms with Crippen molar-refractivity contribution in [1.82, 2.24) is 10.3 Å². The van der Waals surface area contributed by atoms with Gasteiger partial charge >= 0.3 is 5.97 Å². The van der Waals surface area contributed by atoms with Gasteiger partial charge < -0.3 is 14.8 Å². The number of nitrogens with zero attached hydrogens (tertiary/aromatic N) is 1. The summed E-state index contributed by atoms with van der Waals surface area (Å²) in [6.45, 7) is 0. The molecule has 3 heterocycles. The number of carboxylic acids is 1. The van der Waals surface area contributed by atoms with E-state index in [9.17, 15) is 14.0 Å². The molecule has 0 bridgehead atoms. The predicted molar refractivity (Wildman–Crippen MR) is 103 cm³/mol. The first-order chi connectivity index (χ1) is 12.9. The summed E-state index contributed by atoms with van der Waals surface area (Å²) in [6.07, 6.45) is 4.65. The Hall–Kier alpha value is -3.04. The molecular formula is C18H9FN2O4S2. The minimum Gasteiger partial charge on any atom is -0.478 e. The highest BCUT2D eigenvalue weighted by Crippen LogP contribution is 2.33. The first kappa shape index (κ1) is 17.4. The zero-order valence-electron chi connectivity index (χ0n) is 13.4. The molecule has 2 aromatic heterocycles. The maximum atomic E-state index is 14.0. The molecule has 1 aliphatic heterocycles. The molecule has 0 unspecified atom stereocenters. The lowest BCUT2D eigenvalue weighted by Gasteiger charge is -2.04. The Kier molecular flexibility index (Phi) is 4.25. The van der Waals surface area contributed by atoms with Crippen molar-refractivity contribution in [3.05, 3.63) is 58.7 Å². The summed E-state index contributed by atoms with van der Waals surface area (Å²) in [4.78, 5) is 27.3. The Balaban J connectivity index is 1.79. The second-order valence-electron chi connectivity index (χ2n) is 5.61. The second kappa shape index (κ2) is 6.60. The summed E-state index contributed by atoms with van der Waals surface area (Å²) in [5.74, 6) is -2.06. The fourth-order valence-electron chi connectivity index (χ4n) is 2.67. The number of aromatic carboxylic acids is 1. The zero-order valence-corrected chi connectivity index (χ0v) is 15.0. The number of carbonyl (C=O) groups excluding carboxylic acids is 1. The average molecular weight is 400 g/mol. The highest BCUT2D eigenvalue weighted by atomic mass is 32.2. The molecule has 0 atom stereocenters. The van der Waals surface area contributed by atoms with Crippen LogP contribution in [0.2, 0.25) is 0 Å². The Labute approximate surface area is 161 Å². The van der Waals surface area contributed by atoms with Gasteiger partial charge in [0.05, 0.1) is 10.5 Å². The summed E-state index contributed by atoms with van der Waals surface area (Å²) < 4.78 is 20.2. The fourth-order valence-corrected chi connectivity index (χ4v) is 3.69. The molecule has 0 aliphatic carbocycles. The standard InChI is InChI=1S/C18H9FN2O4S2/c19-13-4-8(1-2-11(13)17(23)24)12-7-20-6-9-3-10(25-15(9)12)5-14-16(22)21-18(26)27-14/h1-7H,(H,23,24)(H,21,22,26). The molecule has 1 saturated heterocycles.